The molecule has 0 spiro atoms. The Balaban J connectivity index is 1.94. The van der Waals surface area contributed by atoms with Crippen molar-refractivity contribution in [3.8, 4) is 11.3 Å². The number of nitrogens with zero attached hydrogens (tertiary/aromatic N) is 4. The van der Waals surface area contributed by atoms with Crippen molar-refractivity contribution in [3.05, 3.63) is 42.2 Å². The van der Waals surface area contributed by atoms with Gasteiger partial charge in [0.15, 0.2) is 5.65 Å². The Morgan fingerprint density at radius 3 is 2.62 bits per heavy atom. The van der Waals surface area contributed by atoms with Crippen LogP contribution in [0.25, 0.3) is 33.2 Å². The van der Waals surface area contributed by atoms with E-state index in [0.717, 1.165) is 39.5 Å². The Labute approximate surface area is 170 Å². The zero-order valence-electron chi connectivity index (χ0n) is 17.1. The standard InChI is InChI=1S/C21H25N5O2S/c1-5-17-18-20-15(13-23-25(20)4)12-22-21(18)24-19(17)14-9-8-10-16(11-14)29(27,28)26(6-2)7-3/h8-13,23H,5-7H2,1-4H3. The predicted octanol–water partition coefficient (Wildman–Crippen LogP) is 3.71. The van der Waals surface area contributed by atoms with Crippen LogP contribution in [0.5, 0.6) is 0 Å². The third-order valence-electron chi connectivity index (χ3n) is 5.42. The highest BCUT2D eigenvalue weighted by Gasteiger charge is 2.23. The monoisotopic (exact) mass is 411 g/mol. The van der Waals surface area contributed by atoms with E-state index in [2.05, 4.69) is 17.0 Å². The van der Waals surface area contributed by atoms with Gasteiger partial charge in [-0.05, 0) is 24.1 Å². The average molecular weight is 412 g/mol. The minimum Gasteiger partial charge on any atom is -0.305 e. The van der Waals surface area contributed by atoms with Crippen molar-refractivity contribution in [1.82, 2.24) is 24.1 Å². The molecule has 0 unspecified atom stereocenters. The summed E-state index contributed by atoms with van der Waals surface area (Å²) in [6, 6.07) is 7.07. The number of aryl methyl sites for hydroxylation is 2. The van der Waals surface area contributed by atoms with Gasteiger partial charge in [0.25, 0.3) is 0 Å². The number of aromatic amines is 1. The molecule has 0 aliphatic rings. The fourth-order valence-electron chi connectivity index (χ4n) is 3.96. The van der Waals surface area contributed by atoms with Crippen molar-refractivity contribution in [2.45, 2.75) is 32.1 Å². The van der Waals surface area contributed by atoms with Gasteiger partial charge in [0.2, 0.25) is 10.0 Å². The summed E-state index contributed by atoms with van der Waals surface area (Å²) in [5.41, 5.74) is 4.39. The van der Waals surface area contributed by atoms with Crippen LogP contribution in [-0.4, -0.2) is 45.6 Å². The molecule has 0 aliphatic carbocycles. The molecule has 0 saturated heterocycles. The van der Waals surface area contributed by atoms with E-state index in [4.69, 9.17) is 4.98 Å². The third-order valence-corrected chi connectivity index (χ3v) is 7.46. The minimum atomic E-state index is -3.53. The van der Waals surface area contributed by atoms with Crippen molar-refractivity contribution in [3.63, 3.8) is 0 Å². The Kier molecular flexibility index (Phi) is 4.92. The number of hydrogen-bond donors (Lipinski definition) is 1. The zero-order valence-corrected chi connectivity index (χ0v) is 17.9. The lowest BCUT2D eigenvalue weighted by Crippen LogP contribution is -2.30. The zero-order chi connectivity index (χ0) is 20.8. The molecule has 0 bridgehead atoms. The first-order valence-electron chi connectivity index (χ1n) is 9.84. The molecule has 4 aromatic rings. The SMILES string of the molecule is CCc1c(-c2cccc(S(=O)(=O)N(CC)CC)c2)nc2ncc3c[nH]n(C)c3c12. The topological polar surface area (TPSA) is 83.9 Å². The molecule has 1 N–H and O–H groups in total. The number of rotatable bonds is 6. The molecule has 29 heavy (non-hydrogen) atoms. The van der Waals surface area contributed by atoms with E-state index in [9.17, 15) is 8.42 Å². The van der Waals surface area contributed by atoms with Gasteiger partial charge in [0.1, 0.15) is 0 Å². The molecular weight excluding hydrogens is 386 g/mol. The first-order valence-corrected chi connectivity index (χ1v) is 11.3. The van der Waals surface area contributed by atoms with E-state index >= 15 is 0 Å². The molecule has 0 radical (unpaired) electrons. The van der Waals surface area contributed by atoms with Crippen LogP contribution < -0.4 is 0 Å². The van der Waals surface area contributed by atoms with Gasteiger partial charge in [-0.3, -0.25) is 4.68 Å². The maximum atomic E-state index is 13.0. The maximum absolute atomic E-state index is 13.0. The number of pyridine rings is 1. The second kappa shape index (κ2) is 7.27. The van der Waals surface area contributed by atoms with Crippen molar-refractivity contribution in [2.24, 2.45) is 7.05 Å². The lowest BCUT2D eigenvalue weighted by Gasteiger charge is -2.18. The third kappa shape index (κ3) is 3.03. The van der Waals surface area contributed by atoms with E-state index < -0.39 is 10.0 Å². The fraction of sp³-hybridized carbons (Fsp3) is 0.333. The number of sulfonamides is 1. The molecule has 8 heteroatoms. The van der Waals surface area contributed by atoms with Crippen LogP contribution in [0.3, 0.4) is 0 Å². The number of hydrogen-bond acceptors (Lipinski definition) is 4. The summed E-state index contributed by atoms with van der Waals surface area (Å²) in [6.07, 6.45) is 4.50. The first-order chi connectivity index (χ1) is 13.9. The van der Waals surface area contributed by atoms with Gasteiger partial charge in [0, 0.05) is 43.5 Å². The summed E-state index contributed by atoms with van der Waals surface area (Å²) >= 11 is 0. The molecule has 4 rings (SSSR count). The van der Waals surface area contributed by atoms with Crippen LogP contribution in [-0.2, 0) is 23.5 Å². The molecular formula is C21H25N5O2S. The van der Waals surface area contributed by atoms with Gasteiger partial charge in [-0.2, -0.15) is 4.31 Å². The molecule has 0 amide bonds. The first kappa shape index (κ1) is 19.6. The van der Waals surface area contributed by atoms with Gasteiger partial charge in [-0.15, -0.1) is 0 Å². The minimum absolute atomic E-state index is 0.290. The summed E-state index contributed by atoms with van der Waals surface area (Å²) in [5, 5.41) is 5.22. The summed E-state index contributed by atoms with van der Waals surface area (Å²) in [5.74, 6) is 0. The van der Waals surface area contributed by atoms with Gasteiger partial charge < -0.3 is 5.10 Å². The lowest BCUT2D eigenvalue weighted by atomic mass is 10.0. The quantitative estimate of drug-likeness (QED) is 0.524. The molecule has 0 aliphatic heterocycles. The average Bonchev–Trinajstić information content (AvgIpc) is 3.28. The number of fused-ring (bicyclic) bond motifs is 3. The van der Waals surface area contributed by atoms with Crippen LogP contribution in [0.1, 0.15) is 26.3 Å². The molecule has 152 valence electrons. The highest BCUT2D eigenvalue weighted by molar-refractivity contribution is 7.89. The number of nitrogens with one attached hydrogen (secondary N) is 1. The van der Waals surface area contributed by atoms with Crippen molar-refractivity contribution in [1.29, 1.82) is 0 Å². The maximum Gasteiger partial charge on any atom is 0.243 e. The largest absolute Gasteiger partial charge is 0.305 e. The Morgan fingerprint density at radius 2 is 1.93 bits per heavy atom. The van der Waals surface area contributed by atoms with E-state index in [1.165, 1.54) is 4.31 Å². The van der Waals surface area contributed by atoms with Gasteiger partial charge >= 0.3 is 0 Å². The summed E-state index contributed by atoms with van der Waals surface area (Å²) in [7, 11) is -1.57. The highest BCUT2D eigenvalue weighted by atomic mass is 32.2. The van der Waals surface area contributed by atoms with E-state index in [1.807, 2.05) is 44.0 Å². The smallest absolute Gasteiger partial charge is 0.243 e. The van der Waals surface area contributed by atoms with E-state index in [-0.39, 0.29) is 4.90 Å². The second-order valence-corrected chi connectivity index (χ2v) is 8.94. The Morgan fingerprint density at radius 1 is 1.17 bits per heavy atom. The van der Waals surface area contributed by atoms with Gasteiger partial charge in [-0.1, -0.05) is 32.9 Å². The normalized spacial score (nSPS) is 12.4. The molecule has 1 aromatic carbocycles. The van der Waals surface area contributed by atoms with Crippen molar-refractivity contribution in [2.75, 3.05) is 13.1 Å². The van der Waals surface area contributed by atoms with Gasteiger partial charge in [-0.25, -0.2) is 18.4 Å². The molecule has 0 atom stereocenters. The number of H-pyrrole nitrogens is 1. The molecule has 3 heterocycles. The number of aromatic nitrogens is 4. The van der Waals surface area contributed by atoms with E-state index in [1.54, 1.807) is 18.2 Å². The van der Waals surface area contributed by atoms with Crippen LogP contribution in [0.15, 0.2) is 41.6 Å². The Bertz CT molecular complexity index is 1300. The predicted molar refractivity (Wildman–Crippen MR) is 115 cm³/mol. The van der Waals surface area contributed by atoms with E-state index in [0.29, 0.717) is 18.7 Å². The molecule has 7 nitrogen and oxygen atoms in total. The second-order valence-electron chi connectivity index (χ2n) is 7.00. The molecule has 0 fully saturated rings. The lowest BCUT2D eigenvalue weighted by molar-refractivity contribution is 0.445. The van der Waals surface area contributed by atoms with Crippen LogP contribution >= 0.6 is 0 Å². The van der Waals surface area contributed by atoms with Gasteiger partial charge in [0.05, 0.1) is 21.5 Å². The van der Waals surface area contributed by atoms with Crippen molar-refractivity contribution >= 4 is 32.0 Å². The van der Waals surface area contributed by atoms with Crippen molar-refractivity contribution < 1.29 is 8.42 Å². The summed E-state index contributed by atoms with van der Waals surface area (Å²) in [4.78, 5) is 9.61. The fourth-order valence-corrected chi connectivity index (χ4v) is 5.46. The molecule has 0 saturated carbocycles. The summed E-state index contributed by atoms with van der Waals surface area (Å²) < 4.78 is 29.4. The van der Waals surface area contributed by atoms with Crippen LogP contribution in [0.4, 0.5) is 0 Å². The summed E-state index contributed by atoms with van der Waals surface area (Å²) in [6.45, 7) is 6.65. The number of benzene rings is 1. The molecule has 3 aromatic heterocycles. The Hall–Kier alpha value is -2.71. The highest BCUT2D eigenvalue weighted by Crippen LogP contribution is 2.35. The van der Waals surface area contributed by atoms with Crippen LogP contribution in [0, 0.1) is 0 Å². The van der Waals surface area contributed by atoms with Crippen LogP contribution in [0.2, 0.25) is 0 Å².